The summed E-state index contributed by atoms with van der Waals surface area (Å²) < 4.78 is 0. The Morgan fingerprint density at radius 1 is 1.14 bits per heavy atom. The molecule has 29 heavy (non-hydrogen) atoms. The van der Waals surface area contributed by atoms with Crippen LogP contribution in [0.3, 0.4) is 0 Å². The molecule has 8 heteroatoms. The van der Waals surface area contributed by atoms with Crippen LogP contribution in [0.2, 0.25) is 0 Å². The fourth-order valence-corrected chi connectivity index (χ4v) is 3.49. The number of hydrogen-bond donors (Lipinski definition) is 0. The minimum atomic E-state index is 0.0128. The van der Waals surface area contributed by atoms with E-state index in [1.165, 1.54) is 0 Å². The average Bonchev–Trinajstić information content (AvgIpc) is 2.79. The summed E-state index contributed by atoms with van der Waals surface area (Å²) in [6.07, 6.45) is 10.1. The zero-order valence-electron chi connectivity index (χ0n) is 16.6. The van der Waals surface area contributed by atoms with Gasteiger partial charge in [0, 0.05) is 64.0 Å². The van der Waals surface area contributed by atoms with E-state index >= 15 is 0 Å². The van der Waals surface area contributed by atoms with E-state index in [0.29, 0.717) is 23.6 Å². The first-order valence-corrected chi connectivity index (χ1v) is 9.64. The molecular formula is C21H23N7O. The highest BCUT2D eigenvalue weighted by Gasteiger charge is 2.27. The first kappa shape index (κ1) is 18.9. The van der Waals surface area contributed by atoms with Gasteiger partial charge in [0.2, 0.25) is 0 Å². The van der Waals surface area contributed by atoms with E-state index in [2.05, 4.69) is 19.9 Å². The van der Waals surface area contributed by atoms with Crippen LogP contribution in [0.15, 0.2) is 49.2 Å². The van der Waals surface area contributed by atoms with Gasteiger partial charge in [-0.15, -0.1) is 0 Å². The van der Waals surface area contributed by atoms with Crippen LogP contribution in [-0.4, -0.2) is 62.9 Å². The molecule has 1 fully saturated rings. The molecule has 0 aliphatic carbocycles. The molecule has 0 spiro atoms. The summed E-state index contributed by atoms with van der Waals surface area (Å²) in [4.78, 5) is 38.7. The van der Waals surface area contributed by atoms with Gasteiger partial charge in [0.25, 0.3) is 5.91 Å². The van der Waals surface area contributed by atoms with Gasteiger partial charge >= 0.3 is 0 Å². The molecule has 3 aromatic rings. The normalized spacial score (nSPS) is 16.5. The SMILES string of the molecule is CN(C)c1cc([C@@H]2CCCN(C(=O)c3cccnc3)C2)nc(-c2cnccn2)n1. The lowest BCUT2D eigenvalue weighted by atomic mass is 9.94. The summed E-state index contributed by atoms with van der Waals surface area (Å²) in [5.41, 5.74) is 2.18. The van der Waals surface area contributed by atoms with Crippen molar-refractivity contribution in [3.05, 3.63) is 60.4 Å². The fraction of sp³-hybridized carbons (Fsp3) is 0.333. The van der Waals surface area contributed by atoms with Crippen LogP contribution >= 0.6 is 0 Å². The maximum atomic E-state index is 12.9. The lowest BCUT2D eigenvalue weighted by molar-refractivity contribution is 0.0705. The summed E-state index contributed by atoms with van der Waals surface area (Å²) in [6.45, 7) is 1.37. The van der Waals surface area contributed by atoms with Gasteiger partial charge in [0.15, 0.2) is 5.82 Å². The molecule has 1 aliphatic rings. The lowest BCUT2D eigenvalue weighted by Gasteiger charge is -2.33. The quantitative estimate of drug-likeness (QED) is 0.677. The molecule has 0 unspecified atom stereocenters. The van der Waals surface area contributed by atoms with Crippen molar-refractivity contribution in [3.8, 4) is 11.5 Å². The van der Waals surface area contributed by atoms with E-state index in [0.717, 1.165) is 30.9 Å². The molecule has 4 rings (SSSR count). The van der Waals surface area contributed by atoms with Crippen LogP contribution in [0.25, 0.3) is 11.5 Å². The Bertz CT molecular complexity index is 979. The van der Waals surface area contributed by atoms with Crippen molar-refractivity contribution in [1.29, 1.82) is 0 Å². The molecule has 148 valence electrons. The molecule has 0 aromatic carbocycles. The highest BCUT2D eigenvalue weighted by molar-refractivity contribution is 5.94. The number of rotatable bonds is 4. The highest BCUT2D eigenvalue weighted by Crippen LogP contribution is 2.29. The maximum Gasteiger partial charge on any atom is 0.255 e. The summed E-state index contributed by atoms with van der Waals surface area (Å²) in [6, 6.07) is 5.60. The number of likely N-dealkylation sites (tertiary alicyclic amines) is 1. The van der Waals surface area contributed by atoms with Crippen molar-refractivity contribution in [1.82, 2.24) is 29.8 Å². The Balaban J connectivity index is 1.63. The van der Waals surface area contributed by atoms with Crippen molar-refractivity contribution in [2.75, 3.05) is 32.1 Å². The number of piperidine rings is 1. The number of nitrogens with zero attached hydrogens (tertiary/aromatic N) is 7. The number of carbonyl (C=O) groups is 1. The smallest absolute Gasteiger partial charge is 0.255 e. The Morgan fingerprint density at radius 2 is 2.00 bits per heavy atom. The summed E-state index contributed by atoms with van der Waals surface area (Å²) in [5, 5.41) is 0. The van der Waals surface area contributed by atoms with E-state index in [9.17, 15) is 4.79 Å². The molecule has 1 aliphatic heterocycles. The number of hydrogen-bond acceptors (Lipinski definition) is 7. The minimum Gasteiger partial charge on any atom is -0.363 e. The topological polar surface area (TPSA) is 88.0 Å². The van der Waals surface area contributed by atoms with Crippen molar-refractivity contribution in [2.24, 2.45) is 0 Å². The van der Waals surface area contributed by atoms with E-state index in [4.69, 9.17) is 4.98 Å². The maximum absolute atomic E-state index is 12.9. The summed E-state index contributed by atoms with van der Waals surface area (Å²) >= 11 is 0. The number of amides is 1. The third-order valence-electron chi connectivity index (χ3n) is 5.02. The van der Waals surface area contributed by atoms with Crippen LogP contribution < -0.4 is 4.90 Å². The first-order valence-electron chi connectivity index (χ1n) is 9.64. The monoisotopic (exact) mass is 389 g/mol. The molecule has 0 bridgehead atoms. The highest BCUT2D eigenvalue weighted by atomic mass is 16.2. The zero-order valence-corrected chi connectivity index (χ0v) is 16.6. The van der Waals surface area contributed by atoms with E-state index in [1.54, 1.807) is 43.1 Å². The average molecular weight is 389 g/mol. The molecule has 0 radical (unpaired) electrons. The molecule has 1 amide bonds. The summed E-state index contributed by atoms with van der Waals surface area (Å²) in [5.74, 6) is 1.52. The van der Waals surface area contributed by atoms with Gasteiger partial charge in [-0.2, -0.15) is 0 Å². The second-order valence-electron chi connectivity index (χ2n) is 7.29. The van der Waals surface area contributed by atoms with Gasteiger partial charge < -0.3 is 9.80 Å². The molecule has 1 atom stereocenters. The molecule has 0 N–H and O–H groups in total. The molecule has 4 heterocycles. The second-order valence-corrected chi connectivity index (χ2v) is 7.29. The molecule has 8 nitrogen and oxygen atoms in total. The summed E-state index contributed by atoms with van der Waals surface area (Å²) in [7, 11) is 3.90. The predicted molar refractivity (Wildman–Crippen MR) is 110 cm³/mol. The number of pyridine rings is 1. The van der Waals surface area contributed by atoms with Crippen molar-refractivity contribution < 1.29 is 4.79 Å². The zero-order chi connectivity index (χ0) is 20.2. The van der Waals surface area contributed by atoms with Crippen molar-refractivity contribution in [3.63, 3.8) is 0 Å². The Labute approximate surface area is 169 Å². The minimum absolute atomic E-state index is 0.0128. The molecule has 1 saturated heterocycles. The van der Waals surface area contributed by atoms with Crippen LogP contribution in [0.1, 0.15) is 34.8 Å². The number of carbonyl (C=O) groups excluding carboxylic acids is 1. The van der Waals surface area contributed by atoms with Crippen LogP contribution in [0.5, 0.6) is 0 Å². The van der Waals surface area contributed by atoms with Crippen molar-refractivity contribution >= 4 is 11.7 Å². The Kier molecular flexibility index (Phi) is 5.41. The molecule has 0 saturated carbocycles. The largest absolute Gasteiger partial charge is 0.363 e. The van der Waals surface area contributed by atoms with Gasteiger partial charge in [-0.25, -0.2) is 15.0 Å². The molecular weight excluding hydrogens is 366 g/mol. The fourth-order valence-electron chi connectivity index (χ4n) is 3.49. The van der Waals surface area contributed by atoms with Gasteiger partial charge in [0.05, 0.1) is 17.5 Å². The van der Waals surface area contributed by atoms with Crippen LogP contribution in [-0.2, 0) is 0 Å². The van der Waals surface area contributed by atoms with Gasteiger partial charge in [0.1, 0.15) is 11.5 Å². The number of anilines is 1. The standard InChI is InChI=1S/C21H23N7O/c1-27(2)19-11-17(25-20(26-19)18-13-23-8-9-24-18)16-6-4-10-28(14-16)21(29)15-5-3-7-22-12-15/h3,5,7-9,11-13,16H,4,6,10,14H2,1-2H3/t16-/m1/s1. The van der Waals surface area contributed by atoms with Crippen molar-refractivity contribution in [2.45, 2.75) is 18.8 Å². The lowest BCUT2D eigenvalue weighted by Crippen LogP contribution is -2.39. The first-order chi connectivity index (χ1) is 14.1. The van der Waals surface area contributed by atoms with E-state index < -0.39 is 0 Å². The van der Waals surface area contributed by atoms with E-state index in [1.807, 2.05) is 30.0 Å². The predicted octanol–water partition coefficient (Wildman–Crippen LogP) is 2.41. The second kappa shape index (κ2) is 8.30. The van der Waals surface area contributed by atoms with Gasteiger partial charge in [-0.05, 0) is 25.0 Å². The van der Waals surface area contributed by atoms with Crippen LogP contribution in [0, 0.1) is 0 Å². The van der Waals surface area contributed by atoms with Gasteiger partial charge in [-0.3, -0.25) is 14.8 Å². The Hall–Kier alpha value is -3.42. The van der Waals surface area contributed by atoms with E-state index in [-0.39, 0.29) is 11.8 Å². The third kappa shape index (κ3) is 4.21. The van der Waals surface area contributed by atoms with Crippen LogP contribution in [0.4, 0.5) is 5.82 Å². The third-order valence-corrected chi connectivity index (χ3v) is 5.02. The van der Waals surface area contributed by atoms with Gasteiger partial charge in [-0.1, -0.05) is 0 Å². The number of aromatic nitrogens is 5. The molecule has 3 aromatic heterocycles. The Morgan fingerprint density at radius 3 is 2.72 bits per heavy atom.